The average molecular weight is 257 g/mol. The first-order valence-corrected chi connectivity index (χ1v) is 7.01. The summed E-state index contributed by atoms with van der Waals surface area (Å²) in [6, 6.07) is 0. The molecule has 18 heavy (non-hydrogen) atoms. The Morgan fingerprint density at radius 3 is 2.11 bits per heavy atom. The second kappa shape index (κ2) is 10.1. The number of hydrogen-bond donors (Lipinski definition) is 1. The normalized spacial score (nSPS) is 12.7. The number of hydrogen-bond acceptors (Lipinski definition) is 3. The number of Topliss-reactive ketones (excluding diaryl/α,β-unsaturated/α-hetero) is 1. The van der Waals surface area contributed by atoms with Crippen molar-refractivity contribution >= 4 is 11.8 Å². The standard InChI is InChI=1S/C14H27NO3/c1-4-7-12(14(17)18)8-9-13(16)10-11-15(5-2)6-3/h12H,4-11H2,1-3H3,(H,17,18). The molecule has 1 atom stereocenters. The van der Waals surface area contributed by atoms with Crippen molar-refractivity contribution in [3.05, 3.63) is 0 Å². The number of ketones is 1. The maximum absolute atomic E-state index is 11.7. The zero-order chi connectivity index (χ0) is 14.0. The van der Waals surface area contributed by atoms with E-state index in [1.54, 1.807) is 0 Å². The Bertz CT molecular complexity index is 249. The molecular formula is C14H27NO3. The number of rotatable bonds is 11. The molecule has 0 aliphatic carbocycles. The van der Waals surface area contributed by atoms with Gasteiger partial charge in [-0.1, -0.05) is 27.2 Å². The molecule has 0 fully saturated rings. The monoisotopic (exact) mass is 257 g/mol. The van der Waals surface area contributed by atoms with Crippen LogP contribution < -0.4 is 0 Å². The van der Waals surface area contributed by atoms with Gasteiger partial charge in [-0.05, 0) is 25.9 Å². The van der Waals surface area contributed by atoms with Gasteiger partial charge in [0, 0.05) is 19.4 Å². The van der Waals surface area contributed by atoms with Gasteiger partial charge in [-0.3, -0.25) is 9.59 Å². The smallest absolute Gasteiger partial charge is 0.306 e. The highest BCUT2D eigenvalue weighted by Gasteiger charge is 2.17. The Kier molecular flexibility index (Phi) is 9.56. The van der Waals surface area contributed by atoms with E-state index in [-0.39, 0.29) is 11.7 Å². The quantitative estimate of drug-likeness (QED) is 0.618. The lowest BCUT2D eigenvalue weighted by molar-refractivity contribution is -0.142. The predicted octanol–water partition coefficient (Wildman–Crippen LogP) is 2.57. The summed E-state index contributed by atoms with van der Waals surface area (Å²) in [5, 5.41) is 8.99. The van der Waals surface area contributed by atoms with Gasteiger partial charge in [-0.2, -0.15) is 0 Å². The minimum atomic E-state index is -0.770. The van der Waals surface area contributed by atoms with Gasteiger partial charge in [-0.15, -0.1) is 0 Å². The lowest BCUT2D eigenvalue weighted by Crippen LogP contribution is -2.26. The van der Waals surface area contributed by atoms with Crippen LogP contribution in [0.15, 0.2) is 0 Å². The van der Waals surface area contributed by atoms with Gasteiger partial charge in [0.15, 0.2) is 0 Å². The van der Waals surface area contributed by atoms with Crippen molar-refractivity contribution in [3.63, 3.8) is 0 Å². The third-order valence-electron chi connectivity index (χ3n) is 3.36. The topological polar surface area (TPSA) is 57.6 Å². The van der Waals surface area contributed by atoms with Crippen molar-refractivity contribution in [3.8, 4) is 0 Å². The Morgan fingerprint density at radius 1 is 1.06 bits per heavy atom. The van der Waals surface area contributed by atoms with E-state index < -0.39 is 5.97 Å². The molecule has 4 heteroatoms. The van der Waals surface area contributed by atoms with Crippen LogP contribution in [-0.2, 0) is 9.59 Å². The highest BCUT2D eigenvalue weighted by Crippen LogP contribution is 2.14. The average Bonchev–Trinajstić information content (AvgIpc) is 2.35. The zero-order valence-electron chi connectivity index (χ0n) is 11.9. The van der Waals surface area contributed by atoms with Crippen LogP contribution in [-0.4, -0.2) is 41.4 Å². The minimum absolute atomic E-state index is 0.184. The molecule has 0 aromatic carbocycles. The van der Waals surface area contributed by atoms with E-state index in [0.717, 1.165) is 26.1 Å². The first kappa shape index (κ1) is 17.1. The van der Waals surface area contributed by atoms with Crippen molar-refractivity contribution in [2.24, 2.45) is 5.92 Å². The molecule has 0 aliphatic rings. The molecule has 0 heterocycles. The molecule has 0 spiro atoms. The Labute approximate surface area is 110 Å². The third-order valence-corrected chi connectivity index (χ3v) is 3.36. The lowest BCUT2D eigenvalue weighted by Gasteiger charge is -2.17. The van der Waals surface area contributed by atoms with Crippen LogP contribution in [0.25, 0.3) is 0 Å². The summed E-state index contributed by atoms with van der Waals surface area (Å²) in [6.07, 6.45) is 2.95. The van der Waals surface area contributed by atoms with Crippen molar-refractivity contribution < 1.29 is 14.7 Å². The van der Waals surface area contributed by atoms with Gasteiger partial charge in [0.25, 0.3) is 0 Å². The predicted molar refractivity (Wildman–Crippen MR) is 72.7 cm³/mol. The fourth-order valence-electron chi connectivity index (χ4n) is 2.02. The van der Waals surface area contributed by atoms with E-state index in [0.29, 0.717) is 25.7 Å². The van der Waals surface area contributed by atoms with E-state index in [9.17, 15) is 9.59 Å². The lowest BCUT2D eigenvalue weighted by atomic mass is 9.96. The van der Waals surface area contributed by atoms with Gasteiger partial charge in [-0.25, -0.2) is 0 Å². The summed E-state index contributed by atoms with van der Waals surface area (Å²) in [5.41, 5.74) is 0. The second-order valence-corrected chi connectivity index (χ2v) is 4.68. The fourth-order valence-corrected chi connectivity index (χ4v) is 2.02. The molecule has 106 valence electrons. The number of carbonyl (C=O) groups is 2. The first-order chi connectivity index (χ1) is 8.54. The van der Waals surface area contributed by atoms with E-state index in [4.69, 9.17) is 5.11 Å². The molecule has 4 nitrogen and oxygen atoms in total. The Morgan fingerprint density at radius 2 is 1.67 bits per heavy atom. The highest BCUT2D eigenvalue weighted by atomic mass is 16.4. The maximum atomic E-state index is 11.7. The van der Waals surface area contributed by atoms with E-state index in [1.807, 2.05) is 6.92 Å². The summed E-state index contributed by atoms with van der Waals surface area (Å²) < 4.78 is 0. The molecule has 1 N–H and O–H groups in total. The molecule has 0 bridgehead atoms. The second-order valence-electron chi connectivity index (χ2n) is 4.68. The SMILES string of the molecule is CCCC(CCC(=O)CCN(CC)CC)C(=O)O. The molecule has 0 aromatic heterocycles. The van der Waals surface area contributed by atoms with Crippen LogP contribution in [0.2, 0.25) is 0 Å². The molecule has 0 radical (unpaired) electrons. The van der Waals surface area contributed by atoms with Crippen LogP contribution in [0.1, 0.15) is 52.9 Å². The van der Waals surface area contributed by atoms with Crippen LogP contribution >= 0.6 is 0 Å². The molecule has 1 unspecified atom stereocenters. The third kappa shape index (κ3) is 7.43. The summed E-state index contributed by atoms with van der Waals surface area (Å²) in [7, 11) is 0. The van der Waals surface area contributed by atoms with Crippen molar-refractivity contribution in [1.29, 1.82) is 0 Å². The molecule has 0 saturated heterocycles. The number of nitrogens with zero attached hydrogens (tertiary/aromatic N) is 1. The van der Waals surface area contributed by atoms with Crippen molar-refractivity contribution in [2.45, 2.75) is 52.9 Å². The minimum Gasteiger partial charge on any atom is -0.481 e. The summed E-state index contributed by atoms with van der Waals surface area (Å²) >= 11 is 0. The van der Waals surface area contributed by atoms with Crippen LogP contribution in [0.3, 0.4) is 0 Å². The first-order valence-electron chi connectivity index (χ1n) is 7.01. The molecule has 0 saturated carbocycles. The highest BCUT2D eigenvalue weighted by molar-refractivity contribution is 5.79. The van der Waals surface area contributed by atoms with Gasteiger partial charge >= 0.3 is 5.97 Å². The van der Waals surface area contributed by atoms with Gasteiger partial charge in [0.1, 0.15) is 5.78 Å². The molecule has 0 amide bonds. The number of aliphatic carboxylic acids is 1. The fraction of sp³-hybridized carbons (Fsp3) is 0.857. The molecule has 0 aliphatic heterocycles. The number of carboxylic acids is 1. The van der Waals surface area contributed by atoms with Crippen molar-refractivity contribution in [2.75, 3.05) is 19.6 Å². The molecule has 0 aromatic rings. The number of carbonyl (C=O) groups excluding carboxylic acids is 1. The van der Waals surface area contributed by atoms with E-state index in [2.05, 4.69) is 18.7 Å². The summed E-state index contributed by atoms with van der Waals surface area (Å²) in [5.74, 6) is -0.940. The summed E-state index contributed by atoms with van der Waals surface area (Å²) in [4.78, 5) is 24.8. The molecule has 0 rings (SSSR count). The van der Waals surface area contributed by atoms with E-state index in [1.165, 1.54) is 0 Å². The van der Waals surface area contributed by atoms with Gasteiger partial charge in [0.05, 0.1) is 5.92 Å². The van der Waals surface area contributed by atoms with Gasteiger partial charge < -0.3 is 10.0 Å². The summed E-state index contributed by atoms with van der Waals surface area (Å²) in [6.45, 7) is 8.83. The largest absolute Gasteiger partial charge is 0.481 e. The van der Waals surface area contributed by atoms with Crippen LogP contribution in [0.5, 0.6) is 0 Å². The number of carboxylic acid groups (broad SMARTS) is 1. The van der Waals surface area contributed by atoms with Crippen LogP contribution in [0, 0.1) is 5.92 Å². The Hall–Kier alpha value is -0.900. The molecular weight excluding hydrogens is 230 g/mol. The van der Waals surface area contributed by atoms with Crippen LogP contribution in [0.4, 0.5) is 0 Å². The Balaban J connectivity index is 3.90. The van der Waals surface area contributed by atoms with Crippen molar-refractivity contribution in [1.82, 2.24) is 4.90 Å². The zero-order valence-corrected chi connectivity index (χ0v) is 11.9. The maximum Gasteiger partial charge on any atom is 0.306 e. The van der Waals surface area contributed by atoms with Gasteiger partial charge in [0.2, 0.25) is 0 Å². The van der Waals surface area contributed by atoms with E-state index >= 15 is 0 Å².